The van der Waals surface area contributed by atoms with E-state index in [0.29, 0.717) is 0 Å². The maximum atomic E-state index is 6.32. The predicted octanol–water partition coefficient (Wildman–Crippen LogP) is 3.26. The van der Waals surface area contributed by atoms with E-state index in [1.54, 1.807) is 0 Å². The van der Waals surface area contributed by atoms with Gasteiger partial charge < -0.3 is 4.90 Å². The molecule has 0 bridgehead atoms. The molecular formula is C14H26BN. The summed E-state index contributed by atoms with van der Waals surface area (Å²) in [5.74, 6) is 1.94. The van der Waals surface area contributed by atoms with Gasteiger partial charge in [0.2, 0.25) is 0 Å². The van der Waals surface area contributed by atoms with Crippen molar-refractivity contribution < 1.29 is 0 Å². The fourth-order valence-corrected chi connectivity index (χ4v) is 3.63. The van der Waals surface area contributed by atoms with Crippen LogP contribution in [0.3, 0.4) is 0 Å². The molecular weight excluding hydrogens is 193 g/mol. The van der Waals surface area contributed by atoms with Crippen LogP contribution >= 0.6 is 0 Å². The smallest absolute Gasteiger partial charge is 0.0742 e. The molecule has 2 heteroatoms. The van der Waals surface area contributed by atoms with Gasteiger partial charge >= 0.3 is 0 Å². The van der Waals surface area contributed by atoms with E-state index in [9.17, 15) is 0 Å². The molecule has 0 N–H and O–H groups in total. The number of piperidine rings is 1. The summed E-state index contributed by atoms with van der Waals surface area (Å²) in [6.45, 7) is 4.88. The Labute approximate surface area is 102 Å². The zero-order chi connectivity index (χ0) is 11.6. The van der Waals surface area contributed by atoms with Crippen LogP contribution in [0.25, 0.3) is 0 Å². The lowest BCUT2D eigenvalue weighted by atomic mass is 9.64. The second-order valence-electron chi connectivity index (χ2n) is 6.51. The topological polar surface area (TPSA) is 3.24 Å². The van der Waals surface area contributed by atoms with E-state index in [0.717, 1.165) is 11.8 Å². The number of fused-ring (bicyclic) bond motifs is 1. The molecule has 3 atom stereocenters. The molecule has 0 amide bonds. The highest BCUT2D eigenvalue weighted by molar-refractivity contribution is 6.14. The van der Waals surface area contributed by atoms with E-state index in [-0.39, 0.29) is 5.31 Å². The van der Waals surface area contributed by atoms with E-state index in [1.165, 1.54) is 58.0 Å². The molecule has 2 rings (SSSR count). The van der Waals surface area contributed by atoms with Crippen LogP contribution in [0.2, 0.25) is 5.31 Å². The Morgan fingerprint density at radius 2 is 1.69 bits per heavy atom. The van der Waals surface area contributed by atoms with Crippen molar-refractivity contribution >= 4 is 7.85 Å². The Bertz CT molecular complexity index is 227. The SMILES string of the molecule is [B]C1(C)CCCC2CCN(C)CC2CCC1. The molecule has 0 aromatic rings. The van der Waals surface area contributed by atoms with Crippen LogP contribution in [0.4, 0.5) is 0 Å². The first kappa shape index (κ1) is 12.5. The molecule has 1 saturated heterocycles. The molecule has 3 unspecified atom stereocenters. The third kappa shape index (κ3) is 3.26. The summed E-state index contributed by atoms with van der Waals surface area (Å²) in [5, 5.41) is 0.111. The molecule has 1 aliphatic heterocycles. The Kier molecular flexibility index (Phi) is 3.99. The van der Waals surface area contributed by atoms with Gasteiger partial charge in [0.1, 0.15) is 0 Å². The van der Waals surface area contributed by atoms with E-state index < -0.39 is 0 Å². The second kappa shape index (κ2) is 5.12. The summed E-state index contributed by atoms with van der Waals surface area (Å²) in [6.07, 6.45) is 9.38. The Morgan fingerprint density at radius 1 is 1.06 bits per heavy atom. The van der Waals surface area contributed by atoms with Crippen molar-refractivity contribution in [2.24, 2.45) is 11.8 Å². The average Bonchev–Trinajstić information content (AvgIpc) is 2.26. The Balaban J connectivity index is 1.95. The summed E-state index contributed by atoms with van der Waals surface area (Å²) in [6, 6.07) is 0. The fraction of sp³-hybridized carbons (Fsp3) is 1.00. The zero-order valence-electron chi connectivity index (χ0n) is 11.0. The molecule has 0 aromatic carbocycles. The number of nitrogens with zero attached hydrogens (tertiary/aromatic N) is 1. The Hall–Kier alpha value is 0.0249. The molecule has 1 heterocycles. The van der Waals surface area contributed by atoms with Crippen LogP contribution in [0.1, 0.15) is 51.9 Å². The molecule has 1 nitrogen and oxygen atoms in total. The van der Waals surface area contributed by atoms with Crippen LogP contribution in [0.15, 0.2) is 0 Å². The predicted molar refractivity (Wildman–Crippen MR) is 70.9 cm³/mol. The third-order valence-corrected chi connectivity index (χ3v) is 4.74. The monoisotopic (exact) mass is 219 g/mol. The first-order valence-corrected chi connectivity index (χ1v) is 7.04. The van der Waals surface area contributed by atoms with Crippen molar-refractivity contribution in [3.05, 3.63) is 0 Å². The lowest BCUT2D eigenvalue weighted by molar-refractivity contribution is 0.128. The number of rotatable bonds is 0. The van der Waals surface area contributed by atoms with E-state index >= 15 is 0 Å². The van der Waals surface area contributed by atoms with Crippen LogP contribution in [0.5, 0.6) is 0 Å². The van der Waals surface area contributed by atoms with Crippen molar-refractivity contribution in [1.82, 2.24) is 4.90 Å². The summed E-state index contributed by atoms with van der Waals surface area (Å²) in [7, 11) is 8.60. The normalized spacial score (nSPS) is 42.9. The first-order chi connectivity index (χ1) is 7.57. The standard InChI is InChI=1S/C14H26BN/c1-14(15)8-3-5-12-7-10-16(2)11-13(12)6-4-9-14/h12-13H,3-11H2,1-2H3. The number of hydrogen-bond acceptors (Lipinski definition) is 1. The largest absolute Gasteiger partial charge is 0.306 e. The molecule has 16 heavy (non-hydrogen) atoms. The fourth-order valence-electron chi connectivity index (χ4n) is 3.63. The summed E-state index contributed by atoms with van der Waals surface area (Å²) >= 11 is 0. The number of hydrogen-bond donors (Lipinski definition) is 0. The second-order valence-corrected chi connectivity index (χ2v) is 6.51. The highest BCUT2D eigenvalue weighted by atomic mass is 15.1. The number of likely N-dealkylation sites (tertiary alicyclic amines) is 1. The van der Waals surface area contributed by atoms with Gasteiger partial charge in [-0.1, -0.05) is 44.3 Å². The molecule has 2 fully saturated rings. The van der Waals surface area contributed by atoms with Gasteiger partial charge in [0.15, 0.2) is 0 Å². The Morgan fingerprint density at radius 3 is 2.38 bits per heavy atom. The molecule has 0 aromatic heterocycles. The third-order valence-electron chi connectivity index (χ3n) is 4.74. The average molecular weight is 219 g/mol. The zero-order valence-corrected chi connectivity index (χ0v) is 11.0. The minimum Gasteiger partial charge on any atom is -0.306 e. The maximum Gasteiger partial charge on any atom is 0.0742 e. The van der Waals surface area contributed by atoms with Gasteiger partial charge in [-0.15, -0.1) is 0 Å². The van der Waals surface area contributed by atoms with Gasteiger partial charge in [-0.3, -0.25) is 0 Å². The van der Waals surface area contributed by atoms with Crippen LogP contribution in [-0.2, 0) is 0 Å². The molecule has 90 valence electrons. The van der Waals surface area contributed by atoms with Crippen LogP contribution in [-0.4, -0.2) is 32.9 Å². The van der Waals surface area contributed by atoms with Gasteiger partial charge in [0.05, 0.1) is 7.85 Å². The minimum absolute atomic E-state index is 0.111. The van der Waals surface area contributed by atoms with Crippen LogP contribution < -0.4 is 0 Å². The lowest BCUT2D eigenvalue weighted by Gasteiger charge is -2.36. The molecule has 1 saturated carbocycles. The maximum absolute atomic E-state index is 6.32. The van der Waals surface area contributed by atoms with Crippen molar-refractivity contribution in [1.29, 1.82) is 0 Å². The quantitative estimate of drug-likeness (QED) is 0.565. The van der Waals surface area contributed by atoms with E-state index in [1.807, 2.05) is 0 Å². The molecule has 2 radical (unpaired) electrons. The van der Waals surface area contributed by atoms with Gasteiger partial charge in [0, 0.05) is 6.54 Å². The van der Waals surface area contributed by atoms with Crippen molar-refractivity contribution in [3.63, 3.8) is 0 Å². The summed E-state index contributed by atoms with van der Waals surface area (Å²) < 4.78 is 0. The molecule has 2 aliphatic rings. The highest BCUT2D eigenvalue weighted by Crippen LogP contribution is 2.40. The molecule has 1 aliphatic carbocycles. The summed E-state index contributed by atoms with van der Waals surface area (Å²) in [4.78, 5) is 2.51. The van der Waals surface area contributed by atoms with E-state index in [4.69, 9.17) is 7.85 Å². The van der Waals surface area contributed by atoms with E-state index in [2.05, 4.69) is 18.9 Å². The van der Waals surface area contributed by atoms with Crippen molar-refractivity contribution in [3.8, 4) is 0 Å². The summed E-state index contributed by atoms with van der Waals surface area (Å²) in [5.41, 5.74) is 0. The lowest BCUT2D eigenvalue weighted by Crippen LogP contribution is -2.37. The van der Waals surface area contributed by atoms with Gasteiger partial charge in [0.25, 0.3) is 0 Å². The van der Waals surface area contributed by atoms with Crippen molar-refractivity contribution in [2.75, 3.05) is 20.1 Å². The first-order valence-electron chi connectivity index (χ1n) is 7.04. The van der Waals surface area contributed by atoms with Crippen molar-refractivity contribution in [2.45, 2.75) is 57.2 Å². The van der Waals surface area contributed by atoms with Gasteiger partial charge in [-0.05, 0) is 38.3 Å². The van der Waals surface area contributed by atoms with Crippen LogP contribution in [0, 0.1) is 11.8 Å². The minimum atomic E-state index is 0.111. The van der Waals surface area contributed by atoms with Gasteiger partial charge in [-0.2, -0.15) is 0 Å². The molecule has 0 spiro atoms. The van der Waals surface area contributed by atoms with Gasteiger partial charge in [-0.25, -0.2) is 0 Å². The highest BCUT2D eigenvalue weighted by Gasteiger charge is 2.29.